The molecule has 0 aromatic heterocycles. The molecule has 19 heavy (non-hydrogen) atoms. The van der Waals surface area contributed by atoms with E-state index in [9.17, 15) is 0 Å². The Bertz CT molecular complexity index is 440. The molecule has 2 N–H and O–H groups in total. The van der Waals surface area contributed by atoms with Gasteiger partial charge in [-0.3, -0.25) is 4.90 Å². The first kappa shape index (κ1) is 14.2. The fraction of sp³-hybridized carbons (Fsp3) is 0.600. The topological polar surface area (TPSA) is 36.5 Å². The van der Waals surface area contributed by atoms with Crippen molar-refractivity contribution in [2.75, 3.05) is 45.3 Å². The molecule has 1 heterocycles. The number of benzene rings is 1. The van der Waals surface area contributed by atoms with Gasteiger partial charge in [0.05, 0.1) is 13.8 Å². The van der Waals surface area contributed by atoms with Gasteiger partial charge in [0.2, 0.25) is 0 Å². The van der Waals surface area contributed by atoms with Crippen molar-refractivity contribution in [1.82, 2.24) is 10.2 Å². The van der Waals surface area contributed by atoms with E-state index in [2.05, 4.69) is 42.4 Å². The standard InChI is InChI=1S/C15H25N3O/c1-11-9-14(12(2)13(3)15(11)19-4)17-10-18-7-5-16-6-8-18/h9,16-17H,5-8,10H2,1-4H3. The molecule has 0 amide bonds. The summed E-state index contributed by atoms with van der Waals surface area (Å²) in [5.41, 5.74) is 4.91. The lowest BCUT2D eigenvalue weighted by molar-refractivity contribution is 0.256. The van der Waals surface area contributed by atoms with Crippen molar-refractivity contribution in [3.05, 3.63) is 22.8 Å². The van der Waals surface area contributed by atoms with Crippen molar-refractivity contribution in [1.29, 1.82) is 0 Å². The number of piperazine rings is 1. The summed E-state index contributed by atoms with van der Waals surface area (Å²) in [6, 6.07) is 2.18. The third kappa shape index (κ3) is 3.19. The number of nitrogens with zero attached hydrogens (tertiary/aromatic N) is 1. The van der Waals surface area contributed by atoms with Gasteiger partial charge in [0, 0.05) is 31.9 Å². The summed E-state index contributed by atoms with van der Waals surface area (Å²) >= 11 is 0. The first-order chi connectivity index (χ1) is 9.13. The van der Waals surface area contributed by atoms with E-state index >= 15 is 0 Å². The van der Waals surface area contributed by atoms with Gasteiger partial charge in [-0.15, -0.1) is 0 Å². The summed E-state index contributed by atoms with van der Waals surface area (Å²) < 4.78 is 5.46. The molecular formula is C15H25N3O. The minimum absolute atomic E-state index is 0.910. The Morgan fingerprint density at radius 1 is 1.21 bits per heavy atom. The Balaban J connectivity index is 2.07. The third-order valence-corrected chi connectivity index (χ3v) is 3.93. The highest BCUT2D eigenvalue weighted by Gasteiger charge is 2.12. The van der Waals surface area contributed by atoms with Gasteiger partial charge in [-0.25, -0.2) is 0 Å². The first-order valence-corrected chi connectivity index (χ1v) is 6.95. The molecule has 1 aromatic carbocycles. The van der Waals surface area contributed by atoms with Crippen LogP contribution in [0.25, 0.3) is 0 Å². The highest BCUT2D eigenvalue weighted by atomic mass is 16.5. The number of hydrogen-bond donors (Lipinski definition) is 2. The molecule has 2 rings (SSSR count). The monoisotopic (exact) mass is 263 g/mol. The van der Waals surface area contributed by atoms with E-state index in [0.717, 1.165) is 38.6 Å². The van der Waals surface area contributed by atoms with Crippen LogP contribution in [0.3, 0.4) is 0 Å². The second kappa shape index (κ2) is 6.26. The van der Waals surface area contributed by atoms with Crippen LogP contribution >= 0.6 is 0 Å². The Hall–Kier alpha value is -1.26. The summed E-state index contributed by atoms with van der Waals surface area (Å²) in [6.45, 7) is 11.7. The highest BCUT2D eigenvalue weighted by molar-refractivity contribution is 5.61. The molecule has 0 aliphatic carbocycles. The smallest absolute Gasteiger partial charge is 0.125 e. The van der Waals surface area contributed by atoms with E-state index in [1.54, 1.807) is 7.11 Å². The number of methoxy groups -OCH3 is 1. The summed E-state index contributed by atoms with van der Waals surface area (Å²) in [5, 5.41) is 6.93. The predicted octanol–water partition coefficient (Wildman–Crippen LogP) is 1.90. The first-order valence-electron chi connectivity index (χ1n) is 6.95. The maximum atomic E-state index is 5.46. The summed E-state index contributed by atoms with van der Waals surface area (Å²) in [4.78, 5) is 2.44. The van der Waals surface area contributed by atoms with E-state index in [0.29, 0.717) is 0 Å². The number of nitrogens with one attached hydrogen (secondary N) is 2. The van der Waals surface area contributed by atoms with Crippen molar-refractivity contribution >= 4 is 5.69 Å². The SMILES string of the molecule is COc1c(C)cc(NCN2CCNCC2)c(C)c1C. The minimum atomic E-state index is 0.910. The van der Waals surface area contributed by atoms with Crippen LogP contribution in [0.2, 0.25) is 0 Å². The molecule has 106 valence electrons. The van der Waals surface area contributed by atoms with Gasteiger partial charge in [0.25, 0.3) is 0 Å². The fourth-order valence-electron chi connectivity index (χ4n) is 2.62. The van der Waals surface area contributed by atoms with Crippen molar-refractivity contribution in [3.63, 3.8) is 0 Å². The van der Waals surface area contributed by atoms with E-state index in [4.69, 9.17) is 4.74 Å². The van der Waals surface area contributed by atoms with Crippen LogP contribution in [0.5, 0.6) is 5.75 Å². The molecule has 0 spiro atoms. The molecule has 0 unspecified atom stereocenters. The van der Waals surface area contributed by atoms with E-state index in [1.807, 2.05) is 0 Å². The van der Waals surface area contributed by atoms with E-state index in [1.165, 1.54) is 22.4 Å². The minimum Gasteiger partial charge on any atom is -0.496 e. The van der Waals surface area contributed by atoms with E-state index < -0.39 is 0 Å². The maximum Gasteiger partial charge on any atom is 0.125 e. The zero-order chi connectivity index (χ0) is 13.8. The summed E-state index contributed by atoms with van der Waals surface area (Å²) in [7, 11) is 1.74. The van der Waals surface area contributed by atoms with Gasteiger partial charge in [-0.05, 0) is 43.5 Å². The number of aryl methyl sites for hydroxylation is 1. The molecular weight excluding hydrogens is 238 g/mol. The van der Waals surface area contributed by atoms with Crippen LogP contribution in [0, 0.1) is 20.8 Å². The second-order valence-electron chi connectivity index (χ2n) is 5.23. The zero-order valence-corrected chi connectivity index (χ0v) is 12.5. The van der Waals surface area contributed by atoms with Crippen molar-refractivity contribution in [3.8, 4) is 5.75 Å². The Labute approximate surface area is 116 Å². The summed E-state index contributed by atoms with van der Waals surface area (Å²) in [6.07, 6.45) is 0. The molecule has 4 heteroatoms. The van der Waals surface area contributed by atoms with Gasteiger partial charge < -0.3 is 15.4 Å². The van der Waals surface area contributed by atoms with Crippen LogP contribution in [-0.2, 0) is 0 Å². The van der Waals surface area contributed by atoms with Crippen molar-refractivity contribution in [2.24, 2.45) is 0 Å². The lowest BCUT2D eigenvalue weighted by Crippen LogP contribution is -2.45. The molecule has 4 nitrogen and oxygen atoms in total. The third-order valence-electron chi connectivity index (χ3n) is 3.93. The lowest BCUT2D eigenvalue weighted by Gasteiger charge is -2.28. The largest absolute Gasteiger partial charge is 0.496 e. The van der Waals surface area contributed by atoms with Crippen LogP contribution in [0.15, 0.2) is 6.07 Å². The molecule has 0 bridgehead atoms. The number of anilines is 1. The Morgan fingerprint density at radius 2 is 1.89 bits per heavy atom. The van der Waals surface area contributed by atoms with Gasteiger partial charge in [-0.2, -0.15) is 0 Å². The fourth-order valence-corrected chi connectivity index (χ4v) is 2.62. The molecule has 0 atom stereocenters. The van der Waals surface area contributed by atoms with Crippen LogP contribution in [0.4, 0.5) is 5.69 Å². The zero-order valence-electron chi connectivity index (χ0n) is 12.5. The molecule has 1 fully saturated rings. The number of rotatable bonds is 4. The second-order valence-corrected chi connectivity index (χ2v) is 5.23. The maximum absolute atomic E-state index is 5.46. The lowest BCUT2D eigenvalue weighted by atomic mass is 10.0. The molecule has 1 aliphatic rings. The van der Waals surface area contributed by atoms with Crippen LogP contribution in [0.1, 0.15) is 16.7 Å². The average molecular weight is 263 g/mol. The van der Waals surface area contributed by atoms with Crippen LogP contribution < -0.4 is 15.4 Å². The van der Waals surface area contributed by atoms with Gasteiger partial charge in [0.1, 0.15) is 5.75 Å². The normalized spacial score (nSPS) is 16.4. The molecule has 1 aromatic rings. The highest BCUT2D eigenvalue weighted by Crippen LogP contribution is 2.31. The molecule has 1 saturated heterocycles. The van der Waals surface area contributed by atoms with Crippen molar-refractivity contribution in [2.45, 2.75) is 20.8 Å². The Kier molecular flexibility index (Phi) is 4.66. The average Bonchev–Trinajstić information content (AvgIpc) is 2.43. The molecule has 0 radical (unpaired) electrons. The predicted molar refractivity (Wildman–Crippen MR) is 80.1 cm³/mol. The number of ether oxygens (including phenoxy) is 1. The van der Waals surface area contributed by atoms with Crippen molar-refractivity contribution < 1.29 is 4.74 Å². The quantitative estimate of drug-likeness (QED) is 0.870. The van der Waals surface area contributed by atoms with Gasteiger partial charge in [-0.1, -0.05) is 0 Å². The van der Waals surface area contributed by atoms with Crippen LogP contribution in [-0.4, -0.2) is 44.9 Å². The molecule has 0 saturated carbocycles. The number of hydrogen-bond acceptors (Lipinski definition) is 4. The molecule has 1 aliphatic heterocycles. The van der Waals surface area contributed by atoms with Gasteiger partial charge in [0.15, 0.2) is 0 Å². The Morgan fingerprint density at radius 3 is 2.53 bits per heavy atom. The van der Waals surface area contributed by atoms with Gasteiger partial charge >= 0.3 is 0 Å². The van der Waals surface area contributed by atoms with E-state index in [-0.39, 0.29) is 0 Å². The summed E-state index contributed by atoms with van der Waals surface area (Å²) in [5.74, 6) is 1.00.